The lowest BCUT2D eigenvalue weighted by molar-refractivity contribution is 0.795. The van der Waals surface area contributed by atoms with E-state index in [1.54, 1.807) is 0 Å². The van der Waals surface area contributed by atoms with Gasteiger partial charge >= 0.3 is 0 Å². The number of aromatic nitrogens is 1. The minimum Gasteiger partial charge on any atom is -0.264 e. The maximum absolute atomic E-state index is 4.32. The van der Waals surface area contributed by atoms with E-state index in [4.69, 9.17) is 0 Å². The standard InChI is InChI=1S/C25H25NS2/c1-3-4-6-19-9-11-21(12-10-19)25-22(15-20-7-5-14-26-16-20)23(17-27-25)24-13-8-18(2)28-24/h5,7-14,16-17H,3-4,6,15H2,1-2H3. The molecule has 3 aromatic heterocycles. The van der Waals surface area contributed by atoms with E-state index in [1.165, 1.54) is 61.7 Å². The fraction of sp³-hybridized carbons (Fsp3) is 0.240. The molecule has 0 N–H and O–H groups in total. The van der Waals surface area contributed by atoms with Gasteiger partial charge in [0.25, 0.3) is 0 Å². The quantitative estimate of drug-likeness (QED) is 0.307. The summed E-state index contributed by atoms with van der Waals surface area (Å²) in [5.74, 6) is 0. The molecular formula is C25H25NS2. The van der Waals surface area contributed by atoms with Crippen LogP contribution in [0.5, 0.6) is 0 Å². The monoisotopic (exact) mass is 403 g/mol. The third-order valence-electron chi connectivity index (χ3n) is 5.04. The topological polar surface area (TPSA) is 12.9 Å². The van der Waals surface area contributed by atoms with Crippen LogP contribution in [0.3, 0.4) is 0 Å². The Bertz CT molecular complexity index is 1030. The number of thiophene rings is 2. The highest BCUT2D eigenvalue weighted by atomic mass is 32.1. The molecule has 1 aromatic carbocycles. The van der Waals surface area contributed by atoms with Crippen LogP contribution in [0.4, 0.5) is 0 Å². The van der Waals surface area contributed by atoms with Gasteiger partial charge < -0.3 is 0 Å². The first-order valence-electron chi connectivity index (χ1n) is 9.90. The average Bonchev–Trinajstić information content (AvgIpc) is 3.34. The molecule has 28 heavy (non-hydrogen) atoms. The predicted molar refractivity (Wildman–Crippen MR) is 123 cm³/mol. The first-order valence-corrected chi connectivity index (χ1v) is 11.6. The number of hydrogen-bond donors (Lipinski definition) is 0. The minimum absolute atomic E-state index is 0.913. The van der Waals surface area contributed by atoms with Crippen molar-refractivity contribution in [2.24, 2.45) is 0 Å². The molecule has 4 rings (SSSR count). The van der Waals surface area contributed by atoms with Crippen LogP contribution in [-0.4, -0.2) is 4.98 Å². The smallest absolute Gasteiger partial charge is 0.0384 e. The van der Waals surface area contributed by atoms with E-state index in [0.29, 0.717) is 0 Å². The van der Waals surface area contributed by atoms with Gasteiger partial charge in [0.05, 0.1) is 0 Å². The number of rotatable bonds is 7. The van der Waals surface area contributed by atoms with Gasteiger partial charge in [-0.05, 0) is 60.2 Å². The lowest BCUT2D eigenvalue weighted by atomic mass is 9.98. The summed E-state index contributed by atoms with van der Waals surface area (Å²) >= 11 is 3.74. The molecule has 142 valence electrons. The zero-order valence-electron chi connectivity index (χ0n) is 16.4. The lowest BCUT2D eigenvalue weighted by Crippen LogP contribution is -1.92. The molecule has 0 atom stereocenters. The SMILES string of the molecule is CCCCc1ccc(-c2scc(-c3ccc(C)s3)c2Cc2cccnc2)cc1. The van der Waals surface area contributed by atoms with Crippen molar-refractivity contribution in [1.29, 1.82) is 0 Å². The minimum atomic E-state index is 0.913. The highest BCUT2D eigenvalue weighted by Crippen LogP contribution is 2.41. The molecule has 0 spiro atoms. The molecule has 3 heterocycles. The van der Waals surface area contributed by atoms with E-state index < -0.39 is 0 Å². The second-order valence-electron chi connectivity index (χ2n) is 7.21. The molecule has 0 aliphatic heterocycles. The summed E-state index contributed by atoms with van der Waals surface area (Å²) in [4.78, 5) is 8.42. The number of nitrogens with zero attached hydrogens (tertiary/aromatic N) is 1. The number of unbranched alkanes of at least 4 members (excludes halogenated alkanes) is 1. The van der Waals surface area contributed by atoms with Gasteiger partial charge in [-0.1, -0.05) is 43.7 Å². The molecule has 4 aromatic rings. The first kappa shape index (κ1) is 19.1. The van der Waals surface area contributed by atoms with Gasteiger partial charge in [0, 0.05) is 44.4 Å². The van der Waals surface area contributed by atoms with E-state index in [9.17, 15) is 0 Å². The summed E-state index contributed by atoms with van der Waals surface area (Å²) in [6.07, 6.45) is 8.41. The Balaban J connectivity index is 1.73. The number of benzene rings is 1. The second kappa shape index (κ2) is 8.85. The predicted octanol–water partition coefficient (Wildman–Crippen LogP) is 7.78. The number of aryl methyl sites for hydroxylation is 2. The molecule has 0 fully saturated rings. The summed E-state index contributed by atoms with van der Waals surface area (Å²) in [5.41, 5.74) is 6.81. The Hall–Kier alpha value is -2.23. The van der Waals surface area contributed by atoms with E-state index in [1.807, 2.05) is 41.1 Å². The first-order chi connectivity index (χ1) is 13.7. The number of hydrogen-bond acceptors (Lipinski definition) is 3. The molecule has 0 saturated carbocycles. The highest BCUT2D eigenvalue weighted by molar-refractivity contribution is 7.17. The van der Waals surface area contributed by atoms with Crippen LogP contribution in [0.25, 0.3) is 20.9 Å². The van der Waals surface area contributed by atoms with Crippen molar-refractivity contribution in [1.82, 2.24) is 4.98 Å². The normalized spacial score (nSPS) is 11.1. The van der Waals surface area contributed by atoms with Crippen LogP contribution in [-0.2, 0) is 12.8 Å². The van der Waals surface area contributed by atoms with Gasteiger partial charge in [-0.15, -0.1) is 22.7 Å². The molecule has 0 aliphatic rings. The molecule has 0 bridgehead atoms. The highest BCUT2D eigenvalue weighted by Gasteiger charge is 2.16. The zero-order valence-corrected chi connectivity index (χ0v) is 18.1. The molecule has 0 unspecified atom stereocenters. The second-order valence-corrected chi connectivity index (χ2v) is 9.37. The molecule has 3 heteroatoms. The Kier molecular flexibility index (Phi) is 6.04. The van der Waals surface area contributed by atoms with Crippen molar-refractivity contribution in [3.8, 4) is 20.9 Å². The van der Waals surface area contributed by atoms with Gasteiger partial charge in [0.2, 0.25) is 0 Å². The maximum Gasteiger partial charge on any atom is 0.0384 e. The Labute approximate surface area is 175 Å². The van der Waals surface area contributed by atoms with E-state index in [-0.39, 0.29) is 0 Å². The summed E-state index contributed by atoms with van der Waals surface area (Å²) in [6, 6.07) is 17.9. The summed E-state index contributed by atoms with van der Waals surface area (Å²) in [6.45, 7) is 4.43. The van der Waals surface area contributed by atoms with Crippen LogP contribution < -0.4 is 0 Å². The summed E-state index contributed by atoms with van der Waals surface area (Å²) in [5, 5.41) is 2.33. The van der Waals surface area contributed by atoms with E-state index in [0.717, 1.165) is 6.42 Å². The molecule has 0 saturated heterocycles. The third kappa shape index (κ3) is 4.26. The van der Waals surface area contributed by atoms with Crippen molar-refractivity contribution < 1.29 is 0 Å². The Morgan fingerprint density at radius 3 is 2.50 bits per heavy atom. The van der Waals surface area contributed by atoms with Gasteiger partial charge in [0.1, 0.15) is 0 Å². The largest absolute Gasteiger partial charge is 0.264 e. The van der Waals surface area contributed by atoms with Crippen molar-refractivity contribution in [3.63, 3.8) is 0 Å². The van der Waals surface area contributed by atoms with E-state index >= 15 is 0 Å². The van der Waals surface area contributed by atoms with Crippen molar-refractivity contribution >= 4 is 22.7 Å². The third-order valence-corrected chi connectivity index (χ3v) is 7.14. The van der Waals surface area contributed by atoms with Crippen LogP contribution in [0.2, 0.25) is 0 Å². The van der Waals surface area contributed by atoms with Crippen LogP contribution >= 0.6 is 22.7 Å². The fourth-order valence-electron chi connectivity index (χ4n) is 3.50. The van der Waals surface area contributed by atoms with Crippen molar-refractivity contribution in [3.05, 3.63) is 87.9 Å². The molecule has 0 amide bonds. The molecular weight excluding hydrogens is 378 g/mol. The summed E-state index contributed by atoms with van der Waals surface area (Å²) < 4.78 is 0. The van der Waals surface area contributed by atoms with Crippen molar-refractivity contribution in [2.45, 2.75) is 39.5 Å². The van der Waals surface area contributed by atoms with Crippen molar-refractivity contribution in [2.75, 3.05) is 0 Å². The van der Waals surface area contributed by atoms with Gasteiger partial charge in [-0.25, -0.2) is 0 Å². The van der Waals surface area contributed by atoms with E-state index in [2.05, 4.69) is 66.7 Å². The zero-order chi connectivity index (χ0) is 19.3. The molecule has 0 aliphatic carbocycles. The fourth-order valence-corrected chi connectivity index (χ4v) is 5.58. The van der Waals surface area contributed by atoms with Gasteiger partial charge in [-0.3, -0.25) is 4.98 Å². The number of pyridine rings is 1. The average molecular weight is 404 g/mol. The molecule has 0 radical (unpaired) electrons. The molecule has 1 nitrogen and oxygen atoms in total. The van der Waals surface area contributed by atoms with Gasteiger partial charge in [-0.2, -0.15) is 0 Å². The lowest BCUT2D eigenvalue weighted by Gasteiger charge is -2.09. The summed E-state index contributed by atoms with van der Waals surface area (Å²) in [7, 11) is 0. The van der Waals surface area contributed by atoms with Crippen LogP contribution in [0.15, 0.2) is 66.3 Å². The maximum atomic E-state index is 4.32. The van der Waals surface area contributed by atoms with Gasteiger partial charge in [0.15, 0.2) is 0 Å². The Morgan fingerprint density at radius 2 is 1.82 bits per heavy atom. The Morgan fingerprint density at radius 1 is 0.964 bits per heavy atom. The van der Waals surface area contributed by atoms with Crippen LogP contribution in [0, 0.1) is 6.92 Å². The van der Waals surface area contributed by atoms with Crippen LogP contribution in [0.1, 0.15) is 41.3 Å².